The molecular weight excluding hydrogens is 374 g/mol. The van der Waals surface area contributed by atoms with Gasteiger partial charge in [0.15, 0.2) is 5.13 Å². The second-order valence-corrected chi connectivity index (χ2v) is 7.65. The SMILES string of the molecule is CCOc1ccc2nc(NC(=O)c3ccc(CN4CCOCC4)cc3)sc2c1. The Balaban J connectivity index is 1.40. The molecule has 146 valence electrons. The molecule has 0 atom stereocenters. The number of benzene rings is 2. The average Bonchev–Trinajstić information content (AvgIpc) is 3.11. The van der Waals surface area contributed by atoms with Crippen LogP contribution in [0.5, 0.6) is 5.75 Å². The predicted octanol–water partition coefficient (Wildman–Crippen LogP) is 3.78. The average molecular weight is 398 g/mol. The topological polar surface area (TPSA) is 63.7 Å². The molecular formula is C21H23N3O3S. The zero-order chi connectivity index (χ0) is 19.3. The number of hydrogen-bond donors (Lipinski definition) is 1. The van der Waals surface area contributed by atoms with Gasteiger partial charge in [-0.05, 0) is 42.8 Å². The number of carbonyl (C=O) groups excluding carboxylic acids is 1. The Labute approximate surface area is 168 Å². The van der Waals surface area contributed by atoms with Crippen molar-refractivity contribution in [2.24, 2.45) is 0 Å². The van der Waals surface area contributed by atoms with Crippen molar-refractivity contribution in [1.82, 2.24) is 9.88 Å². The normalized spacial score (nSPS) is 14.9. The van der Waals surface area contributed by atoms with Gasteiger partial charge in [-0.25, -0.2) is 4.98 Å². The predicted molar refractivity (Wildman–Crippen MR) is 111 cm³/mol. The van der Waals surface area contributed by atoms with Gasteiger partial charge in [-0.1, -0.05) is 23.5 Å². The zero-order valence-electron chi connectivity index (χ0n) is 15.8. The lowest BCUT2D eigenvalue weighted by molar-refractivity contribution is 0.0342. The van der Waals surface area contributed by atoms with E-state index in [1.54, 1.807) is 0 Å². The van der Waals surface area contributed by atoms with E-state index in [0.717, 1.165) is 48.8 Å². The van der Waals surface area contributed by atoms with Crippen molar-refractivity contribution in [2.45, 2.75) is 13.5 Å². The quantitative estimate of drug-likeness (QED) is 0.686. The minimum absolute atomic E-state index is 0.151. The van der Waals surface area contributed by atoms with Gasteiger partial charge in [0.05, 0.1) is 30.0 Å². The van der Waals surface area contributed by atoms with Gasteiger partial charge in [0.2, 0.25) is 0 Å². The number of nitrogens with zero attached hydrogens (tertiary/aromatic N) is 2. The van der Waals surface area contributed by atoms with E-state index in [2.05, 4.69) is 15.2 Å². The van der Waals surface area contributed by atoms with Crippen molar-refractivity contribution in [3.8, 4) is 5.75 Å². The molecule has 1 amide bonds. The van der Waals surface area contributed by atoms with Crippen LogP contribution < -0.4 is 10.1 Å². The van der Waals surface area contributed by atoms with Crippen LogP contribution in [0.25, 0.3) is 10.2 Å². The molecule has 7 heteroatoms. The summed E-state index contributed by atoms with van der Waals surface area (Å²) in [5, 5.41) is 3.49. The van der Waals surface area contributed by atoms with E-state index in [-0.39, 0.29) is 5.91 Å². The first-order valence-corrected chi connectivity index (χ1v) is 10.3. The fourth-order valence-electron chi connectivity index (χ4n) is 3.16. The lowest BCUT2D eigenvalue weighted by atomic mass is 10.1. The maximum atomic E-state index is 12.6. The standard InChI is InChI=1S/C21H23N3O3S/c1-2-27-17-7-8-18-19(13-17)28-21(22-18)23-20(25)16-5-3-15(4-6-16)14-24-9-11-26-12-10-24/h3-8,13H,2,9-12,14H2,1H3,(H,22,23,25). The first-order valence-electron chi connectivity index (χ1n) is 9.45. The Hall–Kier alpha value is -2.48. The molecule has 0 aliphatic carbocycles. The molecule has 0 unspecified atom stereocenters. The van der Waals surface area contributed by atoms with Crippen LogP contribution in [0.15, 0.2) is 42.5 Å². The lowest BCUT2D eigenvalue weighted by Gasteiger charge is -2.26. The molecule has 3 aromatic rings. The van der Waals surface area contributed by atoms with Crippen LogP contribution in [0, 0.1) is 0 Å². The maximum Gasteiger partial charge on any atom is 0.257 e. The highest BCUT2D eigenvalue weighted by atomic mass is 32.1. The Kier molecular flexibility index (Phi) is 5.85. The molecule has 2 heterocycles. The van der Waals surface area contributed by atoms with Gasteiger partial charge in [0.25, 0.3) is 5.91 Å². The number of rotatable bonds is 6. The van der Waals surface area contributed by atoms with Crippen LogP contribution in [-0.2, 0) is 11.3 Å². The molecule has 28 heavy (non-hydrogen) atoms. The van der Waals surface area contributed by atoms with Crippen LogP contribution in [0.2, 0.25) is 0 Å². The summed E-state index contributed by atoms with van der Waals surface area (Å²) in [4.78, 5) is 19.4. The number of nitrogens with one attached hydrogen (secondary N) is 1. The van der Waals surface area contributed by atoms with Crippen LogP contribution >= 0.6 is 11.3 Å². The number of carbonyl (C=O) groups is 1. The van der Waals surface area contributed by atoms with Crippen molar-refractivity contribution < 1.29 is 14.3 Å². The molecule has 2 aromatic carbocycles. The smallest absolute Gasteiger partial charge is 0.257 e. The second-order valence-electron chi connectivity index (χ2n) is 6.62. The monoisotopic (exact) mass is 397 g/mol. The first kappa shape index (κ1) is 18.9. The van der Waals surface area contributed by atoms with Crippen LogP contribution in [-0.4, -0.2) is 48.7 Å². The summed E-state index contributed by atoms with van der Waals surface area (Å²) in [5.74, 6) is 0.661. The van der Waals surface area contributed by atoms with Crippen molar-refractivity contribution >= 4 is 32.6 Å². The number of thiazole rings is 1. The summed E-state index contributed by atoms with van der Waals surface area (Å²) in [5.41, 5.74) is 2.67. The molecule has 0 bridgehead atoms. The van der Waals surface area contributed by atoms with Gasteiger partial charge in [-0.2, -0.15) is 0 Å². The molecule has 0 spiro atoms. The highest BCUT2D eigenvalue weighted by molar-refractivity contribution is 7.22. The van der Waals surface area contributed by atoms with Crippen LogP contribution in [0.1, 0.15) is 22.8 Å². The van der Waals surface area contributed by atoms with Crippen LogP contribution in [0.3, 0.4) is 0 Å². The summed E-state index contributed by atoms with van der Waals surface area (Å²) in [7, 11) is 0. The number of fused-ring (bicyclic) bond motifs is 1. The number of anilines is 1. The Morgan fingerprint density at radius 2 is 2.00 bits per heavy atom. The van der Waals surface area contributed by atoms with E-state index in [0.29, 0.717) is 17.3 Å². The fourth-order valence-corrected chi connectivity index (χ4v) is 4.05. The Morgan fingerprint density at radius 1 is 1.21 bits per heavy atom. The molecule has 1 aliphatic heterocycles. The van der Waals surface area contributed by atoms with Gasteiger partial charge in [-0.15, -0.1) is 0 Å². The van der Waals surface area contributed by atoms with E-state index in [1.165, 1.54) is 16.9 Å². The number of morpholine rings is 1. The third-order valence-corrected chi connectivity index (χ3v) is 5.55. The number of ether oxygens (including phenoxy) is 2. The minimum atomic E-state index is -0.151. The number of hydrogen-bond acceptors (Lipinski definition) is 6. The number of amides is 1. The lowest BCUT2D eigenvalue weighted by Crippen LogP contribution is -2.35. The first-order chi connectivity index (χ1) is 13.7. The van der Waals surface area contributed by atoms with Crippen LogP contribution in [0.4, 0.5) is 5.13 Å². The van der Waals surface area contributed by atoms with E-state index >= 15 is 0 Å². The minimum Gasteiger partial charge on any atom is -0.494 e. The molecule has 1 N–H and O–H groups in total. The molecule has 1 fully saturated rings. The summed E-state index contributed by atoms with van der Waals surface area (Å²) >= 11 is 1.45. The third kappa shape index (κ3) is 4.49. The van der Waals surface area contributed by atoms with Crippen molar-refractivity contribution in [2.75, 3.05) is 38.2 Å². The van der Waals surface area contributed by atoms with E-state index in [9.17, 15) is 4.79 Å². The molecule has 4 rings (SSSR count). The van der Waals surface area contributed by atoms with E-state index in [1.807, 2.05) is 49.4 Å². The van der Waals surface area contributed by atoms with Crippen molar-refractivity contribution in [3.05, 3.63) is 53.6 Å². The largest absolute Gasteiger partial charge is 0.494 e. The van der Waals surface area contributed by atoms with Gasteiger partial charge in [0.1, 0.15) is 5.75 Å². The van der Waals surface area contributed by atoms with Crippen molar-refractivity contribution in [1.29, 1.82) is 0 Å². The van der Waals surface area contributed by atoms with Gasteiger partial charge < -0.3 is 9.47 Å². The van der Waals surface area contributed by atoms with Gasteiger partial charge in [0, 0.05) is 25.2 Å². The Bertz CT molecular complexity index is 949. The fraction of sp³-hybridized carbons (Fsp3) is 0.333. The summed E-state index contributed by atoms with van der Waals surface area (Å²) in [6.45, 7) is 6.93. The van der Waals surface area contributed by atoms with Crippen molar-refractivity contribution in [3.63, 3.8) is 0 Å². The number of aromatic nitrogens is 1. The maximum absolute atomic E-state index is 12.6. The zero-order valence-corrected chi connectivity index (χ0v) is 16.6. The highest BCUT2D eigenvalue weighted by Crippen LogP contribution is 2.29. The molecule has 6 nitrogen and oxygen atoms in total. The summed E-state index contributed by atoms with van der Waals surface area (Å²) in [6, 6.07) is 13.5. The summed E-state index contributed by atoms with van der Waals surface area (Å²) in [6.07, 6.45) is 0. The molecule has 0 saturated carbocycles. The van der Waals surface area contributed by atoms with Gasteiger partial charge in [-0.3, -0.25) is 15.0 Å². The highest BCUT2D eigenvalue weighted by Gasteiger charge is 2.13. The van der Waals surface area contributed by atoms with E-state index in [4.69, 9.17) is 9.47 Å². The Morgan fingerprint density at radius 3 is 2.75 bits per heavy atom. The third-order valence-electron chi connectivity index (χ3n) is 4.62. The molecule has 0 radical (unpaired) electrons. The second kappa shape index (κ2) is 8.68. The molecule has 1 saturated heterocycles. The summed E-state index contributed by atoms with van der Waals surface area (Å²) < 4.78 is 11.9. The van der Waals surface area contributed by atoms with Gasteiger partial charge >= 0.3 is 0 Å². The molecule has 1 aliphatic rings. The van der Waals surface area contributed by atoms with E-state index < -0.39 is 0 Å². The molecule has 1 aromatic heterocycles.